The average molecular weight is 406 g/mol. The fourth-order valence-electron chi connectivity index (χ4n) is 3.52. The van der Waals surface area contributed by atoms with E-state index >= 15 is 0 Å². The molecular formula is C24H26Zr. The van der Waals surface area contributed by atoms with Gasteiger partial charge in [0.2, 0.25) is 0 Å². The van der Waals surface area contributed by atoms with Crippen molar-refractivity contribution in [3.8, 4) is 0 Å². The molecule has 0 atom stereocenters. The van der Waals surface area contributed by atoms with Crippen LogP contribution in [0.15, 0.2) is 60.7 Å². The predicted molar refractivity (Wildman–Crippen MR) is 107 cm³/mol. The van der Waals surface area contributed by atoms with E-state index in [9.17, 15) is 0 Å². The van der Waals surface area contributed by atoms with Crippen molar-refractivity contribution in [1.29, 1.82) is 0 Å². The Hall–Kier alpha value is -1.46. The second-order valence-corrected chi connectivity index (χ2v) is 6.61. The minimum Gasteiger partial charge on any atom is -0.165 e. The van der Waals surface area contributed by atoms with E-state index < -0.39 is 0 Å². The Bertz CT molecular complexity index is 873. The second kappa shape index (κ2) is 8.77. The van der Waals surface area contributed by atoms with Crippen molar-refractivity contribution in [2.24, 2.45) is 0 Å². The van der Waals surface area contributed by atoms with Gasteiger partial charge in [0.1, 0.15) is 0 Å². The molecule has 0 bridgehead atoms. The Balaban J connectivity index is 0.000000173. The molecule has 0 spiro atoms. The van der Waals surface area contributed by atoms with Crippen molar-refractivity contribution in [2.75, 3.05) is 0 Å². The first kappa shape index (κ1) is 19.9. The van der Waals surface area contributed by atoms with Gasteiger partial charge < -0.3 is 0 Å². The third-order valence-electron chi connectivity index (χ3n) is 4.73. The van der Waals surface area contributed by atoms with Crippen molar-refractivity contribution >= 4 is 21.5 Å². The molecule has 0 radical (unpaired) electrons. The summed E-state index contributed by atoms with van der Waals surface area (Å²) in [5.74, 6) is 0. The monoisotopic (exact) mass is 404 g/mol. The first-order valence-corrected chi connectivity index (χ1v) is 8.92. The molecule has 126 valence electrons. The molecule has 0 aliphatic carbocycles. The quantitative estimate of drug-likeness (QED) is 0.320. The largest absolute Gasteiger partial charge is 2.00 e. The van der Waals surface area contributed by atoms with Gasteiger partial charge in [0.25, 0.3) is 0 Å². The van der Waals surface area contributed by atoms with Crippen LogP contribution in [0.2, 0.25) is 0 Å². The Kier molecular flexibility index (Phi) is 6.97. The molecule has 4 rings (SSSR count). The van der Waals surface area contributed by atoms with Gasteiger partial charge in [-0.05, 0) is 12.8 Å². The standard InChI is InChI=1S/2C12H13.Zr/c2*1-3-10-5-4-6-11-7-9(2)8-12(10)11;/h2*4-8H,3H2,1-2H3;/q2*-1;+2. The van der Waals surface area contributed by atoms with E-state index in [1.807, 2.05) is 0 Å². The van der Waals surface area contributed by atoms with E-state index in [1.165, 1.54) is 43.8 Å². The van der Waals surface area contributed by atoms with Crippen molar-refractivity contribution in [2.45, 2.75) is 40.5 Å². The molecule has 0 N–H and O–H groups in total. The summed E-state index contributed by atoms with van der Waals surface area (Å²) in [5, 5.41) is 5.62. The molecule has 0 unspecified atom stereocenters. The Morgan fingerprint density at radius 2 is 1.08 bits per heavy atom. The van der Waals surface area contributed by atoms with Crippen molar-refractivity contribution in [1.82, 2.24) is 0 Å². The van der Waals surface area contributed by atoms with Crippen LogP contribution in [-0.4, -0.2) is 0 Å². The van der Waals surface area contributed by atoms with Gasteiger partial charge in [-0.1, -0.05) is 51.0 Å². The van der Waals surface area contributed by atoms with Gasteiger partial charge in [-0.2, -0.15) is 12.1 Å². The maximum atomic E-state index is 2.27. The first-order valence-electron chi connectivity index (χ1n) is 8.92. The normalized spacial score (nSPS) is 10.4. The first-order chi connectivity index (χ1) is 11.6. The maximum absolute atomic E-state index is 2.27. The Morgan fingerprint density at radius 1 is 0.680 bits per heavy atom. The van der Waals surface area contributed by atoms with Crippen LogP contribution in [0.25, 0.3) is 21.5 Å². The zero-order valence-electron chi connectivity index (χ0n) is 15.7. The van der Waals surface area contributed by atoms with Crippen LogP contribution in [0.1, 0.15) is 36.1 Å². The Morgan fingerprint density at radius 3 is 1.44 bits per heavy atom. The van der Waals surface area contributed by atoms with E-state index in [4.69, 9.17) is 0 Å². The van der Waals surface area contributed by atoms with Crippen molar-refractivity contribution < 1.29 is 26.2 Å². The van der Waals surface area contributed by atoms with E-state index in [1.54, 1.807) is 0 Å². The van der Waals surface area contributed by atoms with Gasteiger partial charge in [0, 0.05) is 0 Å². The molecule has 1 heteroatoms. The number of fused-ring (bicyclic) bond motifs is 2. The molecule has 0 aliphatic heterocycles. The SMILES string of the molecule is CCc1cccc2[cH-]c(C)cc12.CCc1cccc2[cH-]c(C)cc12.[Zr+2]. The maximum Gasteiger partial charge on any atom is 2.00 e. The van der Waals surface area contributed by atoms with E-state index in [2.05, 4.69) is 88.4 Å². The molecular weight excluding hydrogens is 379 g/mol. The summed E-state index contributed by atoms with van der Waals surface area (Å²) in [6.07, 6.45) is 2.25. The molecule has 0 heterocycles. The Labute approximate surface area is 170 Å². The number of hydrogen-bond acceptors (Lipinski definition) is 0. The fourth-order valence-corrected chi connectivity index (χ4v) is 3.52. The van der Waals surface area contributed by atoms with Crippen LogP contribution in [-0.2, 0) is 39.0 Å². The minimum atomic E-state index is 0. The minimum absolute atomic E-state index is 0. The van der Waals surface area contributed by atoms with Gasteiger partial charge in [-0.3, -0.25) is 0 Å². The summed E-state index contributed by atoms with van der Waals surface area (Å²) >= 11 is 0. The van der Waals surface area contributed by atoms with Gasteiger partial charge >= 0.3 is 26.2 Å². The van der Waals surface area contributed by atoms with E-state index in [0.29, 0.717) is 0 Å². The summed E-state index contributed by atoms with van der Waals surface area (Å²) in [5.41, 5.74) is 5.65. The van der Waals surface area contributed by atoms with Gasteiger partial charge in [0.05, 0.1) is 0 Å². The van der Waals surface area contributed by atoms with Crippen LogP contribution < -0.4 is 0 Å². The van der Waals surface area contributed by atoms with Gasteiger partial charge in [0.15, 0.2) is 0 Å². The van der Waals surface area contributed by atoms with Gasteiger partial charge in [-0.15, -0.1) is 69.1 Å². The molecule has 0 saturated heterocycles. The topological polar surface area (TPSA) is 0 Å². The van der Waals surface area contributed by atoms with Crippen molar-refractivity contribution in [3.05, 3.63) is 82.9 Å². The molecule has 0 nitrogen and oxygen atoms in total. The number of aryl methyl sites for hydroxylation is 4. The summed E-state index contributed by atoms with van der Waals surface area (Å²) in [7, 11) is 0. The zero-order valence-corrected chi connectivity index (χ0v) is 18.1. The summed E-state index contributed by atoms with van der Waals surface area (Å²) in [6.45, 7) is 8.72. The molecule has 0 fully saturated rings. The van der Waals surface area contributed by atoms with E-state index in [-0.39, 0.29) is 26.2 Å². The van der Waals surface area contributed by atoms with Crippen LogP contribution in [0, 0.1) is 13.8 Å². The van der Waals surface area contributed by atoms with Crippen LogP contribution >= 0.6 is 0 Å². The molecule has 4 aromatic carbocycles. The summed E-state index contributed by atoms with van der Waals surface area (Å²) in [6, 6.07) is 22.1. The second-order valence-electron chi connectivity index (χ2n) is 6.61. The number of benzene rings is 2. The molecule has 0 amide bonds. The average Bonchev–Trinajstić information content (AvgIpc) is 3.15. The van der Waals surface area contributed by atoms with E-state index in [0.717, 1.165) is 12.8 Å². The van der Waals surface area contributed by atoms with Crippen LogP contribution in [0.4, 0.5) is 0 Å². The molecule has 25 heavy (non-hydrogen) atoms. The third-order valence-corrected chi connectivity index (χ3v) is 4.73. The molecule has 0 saturated carbocycles. The zero-order chi connectivity index (χ0) is 17.1. The number of hydrogen-bond donors (Lipinski definition) is 0. The van der Waals surface area contributed by atoms with Crippen LogP contribution in [0.5, 0.6) is 0 Å². The number of rotatable bonds is 2. The molecule has 0 aliphatic rings. The van der Waals surface area contributed by atoms with Gasteiger partial charge in [-0.25, -0.2) is 0 Å². The predicted octanol–water partition coefficient (Wildman–Crippen LogP) is 6.86. The third kappa shape index (κ3) is 4.39. The molecule has 0 aromatic heterocycles. The summed E-state index contributed by atoms with van der Waals surface area (Å²) < 4.78 is 0. The smallest absolute Gasteiger partial charge is 0.165 e. The summed E-state index contributed by atoms with van der Waals surface area (Å²) in [4.78, 5) is 0. The fraction of sp³-hybridized carbons (Fsp3) is 0.250. The molecule has 4 aromatic rings. The van der Waals surface area contributed by atoms with Crippen LogP contribution in [0.3, 0.4) is 0 Å². The van der Waals surface area contributed by atoms with Crippen molar-refractivity contribution in [3.63, 3.8) is 0 Å².